The highest BCUT2D eigenvalue weighted by molar-refractivity contribution is 7.89. The fraction of sp³-hybridized carbons (Fsp3) is 0.412. The van der Waals surface area contributed by atoms with E-state index < -0.39 is 10.0 Å². The van der Waals surface area contributed by atoms with Crippen molar-refractivity contribution in [2.45, 2.75) is 30.4 Å². The zero-order valence-electron chi connectivity index (χ0n) is 14.5. The summed E-state index contributed by atoms with van der Waals surface area (Å²) in [5.74, 6) is 0.351. The number of aromatic nitrogens is 2. The van der Waals surface area contributed by atoms with Gasteiger partial charge in [0.2, 0.25) is 10.0 Å². The molecule has 1 aliphatic heterocycles. The largest absolute Gasteiger partial charge is 0.381 e. The Labute approximate surface area is 152 Å². The van der Waals surface area contributed by atoms with Gasteiger partial charge in [0.25, 0.3) is 5.91 Å². The van der Waals surface area contributed by atoms with Gasteiger partial charge in [-0.25, -0.2) is 18.1 Å². The highest BCUT2D eigenvalue weighted by Crippen LogP contribution is 2.18. The number of imidazole rings is 1. The minimum absolute atomic E-state index is 0.0536. The Morgan fingerprint density at radius 2 is 2.15 bits per heavy atom. The van der Waals surface area contributed by atoms with Crippen LogP contribution in [0.1, 0.15) is 29.0 Å². The lowest BCUT2D eigenvalue weighted by Gasteiger charge is -2.31. The number of benzene rings is 1. The topological polar surface area (TPSA) is 104 Å². The average Bonchev–Trinajstić information content (AvgIpc) is 3.20. The number of likely N-dealkylation sites (tertiary alicyclic amines) is 1. The Balaban J connectivity index is 1.70. The minimum Gasteiger partial charge on any atom is -0.381 e. The van der Waals surface area contributed by atoms with Crippen LogP contribution in [0.4, 0.5) is 0 Å². The third-order valence-corrected chi connectivity index (χ3v) is 5.84. The number of hydrogen-bond donors (Lipinski definition) is 2. The normalized spacial score (nSPS) is 16.0. The van der Waals surface area contributed by atoms with Gasteiger partial charge in [-0.1, -0.05) is 6.07 Å². The molecule has 1 aromatic carbocycles. The molecule has 0 saturated carbocycles. The van der Waals surface area contributed by atoms with Gasteiger partial charge in [-0.15, -0.1) is 0 Å². The van der Waals surface area contributed by atoms with Gasteiger partial charge in [-0.2, -0.15) is 0 Å². The van der Waals surface area contributed by atoms with Crippen molar-refractivity contribution in [3.05, 3.63) is 48.0 Å². The van der Waals surface area contributed by atoms with Crippen LogP contribution in [-0.4, -0.2) is 55.5 Å². The third-order valence-electron chi connectivity index (χ3n) is 4.44. The van der Waals surface area contributed by atoms with Crippen molar-refractivity contribution in [1.82, 2.24) is 19.6 Å². The summed E-state index contributed by atoms with van der Waals surface area (Å²) in [5, 5.41) is 0. The zero-order chi connectivity index (χ0) is 18.6. The van der Waals surface area contributed by atoms with Crippen LogP contribution in [0.5, 0.6) is 0 Å². The number of nitrogens with zero attached hydrogens (tertiary/aromatic N) is 2. The van der Waals surface area contributed by atoms with Crippen molar-refractivity contribution in [3.8, 4) is 0 Å². The Hall–Kier alpha value is -2.23. The molecule has 2 aromatic rings. The van der Waals surface area contributed by atoms with Gasteiger partial charge in [0.1, 0.15) is 5.82 Å². The first-order valence-electron chi connectivity index (χ1n) is 8.39. The fourth-order valence-corrected chi connectivity index (χ4v) is 3.95. The number of carbonyl (C=O) groups is 1. The molecule has 0 atom stereocenters. The van der Waals surface area contributed by atoms with E-state index in [1.165, 1.54) is 12.1 Å². The molecule has 0 aliphatic carbocycles. The first-order chi connectivity index (χ1) is 12.5. The summed E-state index contributed by atoms with van der Waals surface area (Å²) < 4.78 is 32.7. The van der Waals surface area contributed by atoms with E-state index in [2.05, 4.69) is 14.7 Å². The Morgan fingerprint density at radius 1 is 1.38 bits per heavy atom. The number of rotatable bonds is 6. The molecule has 1 aliphatic rings. The van der Waals surface area contributed by atoms with Crippen LogP contribution < -0.4 is 4.72 Å². The molecule has 2 N–H and O–H groups in total. The molecule has 9 heteroatoms. The van der Waals surface area contributed by atoms with Crippen LogP contribution in [0.2, 0.25) is 0 Å². The minimum atomic E-state index is -3.74. The molecule has 1 amide bonds. The van der Waals surface area contributed by atoms with E-state index in [9.17, 15) is 13.2 Å². The van der Waals surface area contributed by atoms with Gasteiger partial charge in [0.15, 0.2) is 0 Å². The maximum Gasteiger partial charge on any atom is 0.253 e. The quantitative estimate of drug-likeness (QED) is 0.784. The van der Waals surface area contributed by atoms with Crippen LogP contribution in [-0.2, 0) is 21.3 Å². The van der Waals surface area contributed by atoms with Crippen molar-refractivity contribution in [2.75, 3.05) is 20.2 Å². The number of amides is 1. The maximum absolute atomic E-state index is 12.7. The van der Waals surface area contributed by atoms with Gasteiger partial charge in [0.05, 0.1) is 17.5 Å². The van der Waals surface area contributed by atoms with Crippen LogP contribution in [0.3, 0.4) is 0 Å². The number of aromatic amines is 1. The number of sulfonamides is 1. The second-order valence-corrected chi connectivity index (χ2v) is 7.88. The van der Waals surface area contributed by atoms with E-state index in [-0.39, 0.29) is 23.5 Å². The molecule has 1 fully saturated rings. The molecule has 140 valence electrons. The Morgan fingerprint density at radius 3 is 2.81 bits per heavy atom. The van der Waals surface area contributed by atoms with Gasteiger partial charge in [-0.05, 0) is 31.0 Å². The number of piperidine rings is 1. The van der Waals surface area contributed by atoms with Gasteiger partial charge < -0.3 is 14.6 Å². The van der Waals surface area contributed by atoms with Crippen LogP contribution >= 0.6 is 0 Å². The van der Waals surface area contributed by atoms with Gasteiger partial charge in [-0.3, -0.25) is 4.79 Å². The number of H-pyrrole nitrogens is 1. The average molecular weight is 378 g/mol. The Kier molecular flexibility index (Phi) is 5.70. The maximum atomic E-state index is 12.7. The highest BCUT2D eigenvalue weighted by atomic mass is 32.2. The van der Waals surface area contributed by atoms with E-state index in [0.717, 1.165) is 12.8 Å². The van der Waals surface area contributed by atoms with E-state index in [4.69, 9.17) is 4.74 Å². The number of ether oxygens (including phenoxy) is 1. The van der Waals surface area contributed by atoms with Crippen molar-refractivity contribution >= 4 is 15.9 Å². The summed E-state index contributed by atoms with van der Waals surface area (Å²) in [4.78, 5) is 21.3. The molecule has 2 heterocycles. The predicted molar refractivity (Wildman–Crippen MR) is 95.0 cm³/mol. The smallest absolute Gasteiger partial charge is 0.253 e. The molecular formula is C17H22N4O4S. The van der Waals surface area contributed by atoms with Crippen molar-refractivity contribution in [3.63, 3.8) is 0 Å². The van der Waals surface area contributed by atoms with Crippen LogP contribution in [0, 0.1) is 0 Å². The summed E-state index contributed by atoms with van der Waals surface area (Å²) in [6, 6.07) is 6.10. The lowest BCUT2D eigenvalue weighted by molar-refractivity contribution is 0.0350. The molecular weight excluding hydrogens is 356 g/mol. The molecule has 0 spiro atoms. The van der Waals surface area contributed by atoms with E-state index in [1.807, 2.05) is 0 Å². The van der Waals surface area contributed by atoms with E-state index in [1.54, 1.807) is 36.5 Å². The molecule has 8 nitrogen and oxygen atoms in total. The lowest BCUT2D eigenvalue weighted by Crippen LogP contribution is -2.40. The Bertz CT molecular complexity index is 843. The van der Waals surface area contributed by atoms with E-state index in [0.29, 0.717) is 24.5 Å². The van der Waals surface area contributed by atoms with E-state index >= 15 is 0 Å². The number of hydrogen-bond acceptors (Lipinski definition) is 5. The van der Waals surface area contributed by atoms with Crippen molar-refractivity contribution in [2.24, 2.45) is 0 Å². The second kappa shape index (κ2) is 7.98. The number of methoxy groups -OCH3 is 1. The second-order valence-electron chi connectivity index (χ2n) is 6.12. The predicted octanol–water partition coefficient (Wildman–Crippen LogP) is 1.14. The number of carbonyl (C=O) groups excluding carboxylic acids is 1. The first-order valence-corrected chi connectivity index (χ1v) is 9.88. The summed E-state index contributed by atoms with van der Waals surface area (Å²) >= 11 is 0. The van der Waals surface area contributed by atoms with Crippen LogP contribution in [0.15, 0.2) is 41.6 Å². The molecule has 3 rings (SSSR count). The molecule has 0 unspecified atom stereocenters. The van der Waals surface area contributed by atoms with Crippen molar-refractivity contribution in [1.29, 1.82) is 0 Å². The third kappa shape index (κ3) is 4.29. The lowest BCUT2D eigenvalue weighted by atomic mass is 10.1. The first kappa shape index (κ1) is 18.6. The van der Waals surface area contributed by atoms with Crippen LogP contribution in [0.25, 0.3) is 0 Å². The molecule has 0 radical (unpaired) electrons. The molecule has 26 heavy (non-hydrogen) atoms. The van der Waals surface area contributed by atoms with Gasteiger partial charge >= 0.3 is 0 Å². The highest BCUT2D eigenvalue weighted by Gasteiger charge is 2.24. The van der Waals surface area contributed by atoms with Crippen molar-refractivity contribution < 1.29 is 17.9 Å². The number of nitrogens with one attached hydrogen (secondary N) is 2. The zero-order valence-corrected chi connectivity index (χ0v) is 15.3. The molecule has 1 aromatic heterocycles. The SMILES string of the molecule is COC1CCN(C(=O)c2cccc(S(=O)(=O)NCc3ncc[nH]3)c2)CC1. The molecule has 1 saturated heterocycles. The fourth-order valence-electron chi connectivity index (χ4n) is 2.91. The summed E-state index contributed by atoms with van der Waals surface area (Å²) in [6.45, 7) is 1.26. The summed E-state index contributed by atoms with van der Waals surface area (Å²) in [7, 11) is -2.06. The molecule has 0 bridgehead atoms. The monoisotopic (exact) mass is 378 g/mol. The summed E-state index contributed by atoms with van der Waals surface area (Å²) in [5.41, 5.74) is 0.363. The summed E-state index contributed by atoms with van der Waals surface area (Å²) in [6.07, 6.45) is 4.91. The van der Waals surface area contributed by atoms with Gasteiger partial charge in [0, 0.05) is 38.2 Å². The standard InChI is InChI=1S/C17H22N4O4S/c1-25-14-5-9-21(10-6-14)17(22)13-3-2-4-15(11-13)26(23,24)20-12-16-18-7-8-19-16/h2-4,7-8,11,14,20H,5-6,9-10,12H2,1H3,(H,18,19).